The van der Waals surface area contributed by atoms with Gasteiger partial charge in [0.25, 0.3) is 0 Å². The molecule has 5 heterocycles. The highest BCUT2D eigenvalue weighted by Crippen LogP contribution is 2.27. The van der Waals surface area contributed by atoms with Crippen LogP contribution in [0.1, 0.15) is 36.0 Å². The van der Waals surface area contributed by atoms with Crippen molar-refractivity contribution < 1.29 is 14.3 Å². The quantitative estimate of drug-likeness (QED) is 0.447. The molecule has 0 aliphatic carbocycles. The number of methoxy groups -OCH3 is 1. The number of ether oxygens (including phenoxy) is 1. The number of hydrogen-bond acceptors (Lipinski definition) is 11. The summed E-state index contributed by atoms with van der Waals surface area (Å²) in [6.07, 6.45) is 4.64. The van der Waals surface area contributed by atoms with Gasteiger partial charge in [-0.15, -0.1) is 11.3 Å². The number of carbonyl (C=O) groups is 2. The third kappa shape index (κ3) is 5.64. The minimum atomic E-state index is -0.401. The largest absolute Gasteiger partial charge is 0.465 e. The van der Waals surface area contributed by atoms with Crippen molar-refractivity contribution in [2.45, 2.75) is 25.7 Å². The lowest BCUT2D eigenvalue weighted by Gasteiger charge is -2.35. The van der Waals surface area contributed by atoms with Crippen molar-refractivity contribution in [3.63, 3.8) is 0 Å². The SMILES string of the molecule is COC(=O)c1cccc(-c2csc(NC(=O)N3CCN(c4nc(N5CCCC5)nc(N5CCCC5)n4)CC3)n2)c1. The van der Waals surface area contributed by atoms with Crippen molar-refractivity contribution in [1.82, 2.24) is 24.8 Å². The van der Waals surface area contributed by atoms with Gasteiger partial charge >= 0.3 is 12.0 Å². The van der Waals surface area contributed by atoms with E-state index in [-0.39, 0.29) is 6.03 Å². The van der Waals surface area contributed by atoms with E-state index >= 15 is 0 Å². The van der Waals surface area contributed by atoms with Crippen LogP contribution >= 0.6 is 11.3 Å². The molecule has 210 valence electrons. The number of hydrogen-bond donors (Lipinski definition) is 1. The molecule has 0 spiro atoms. The highest BCUT2D eigenvalue weighted by molar-refractivity contribution is 7.14. The number of esters is 1. The van der Waals surface area contributed by atoms with Gasteiger partial charge in [0.15, 0.2) is 5.13 Å². The summed E-state index contributed by atoms with van der Waals surface area (Å²) in [6, 6.07) is 6.90. The summed E-state index contributed by atoms with van der Waals surface area (Å²) < 4.78 is 4.81. The number of aromatic nitrogens is 4. The maximum absolute atomic E-state index is 13.0. The molecule has 0 bridgehead atoms. The number of carbonyl (C=O) groups excluding carboxylic acids is 2. The second-order valence-electron chi connectivity index (χ2n) is 10.1. The summed E-state index contributed by atoms with van der Waals surface area (Å²) in [4.78, 5) is 52.4. The van der Waals surface area contributed by atoms with Crippen LogP contribution in [0.5, 0.6) is 0 Å². The first-order chi connectivity index (χ1) is 19.6. The number of rotatable bonds is 6. The third-order valence-electron chi connectivity index (χ3n) is 7.53. The van der Waals surface area contributed by atoms with Gasteiger partial charge in [0.05, 0.1) is 18.4 Å². The monoisotopic (exact) mass is 563 g/mol. The van der Waals surface area contributed by atoms with Gasteiger partial charge in [-0.25, -0.2) is 14.6 Å². The molecule has 6 rings (SSSR count). The second kappa shape index (κ2) is 11.6. The lowest BCUT2D eigenvalue weighted by atomic mass is 10.1. The van der Waals surface area contributed by atoms with E-state index in [0.29, 0.717) is 48.5 Å². The van der Waals surface area contributed by atoms with Crippen molar-refractivity contribution in [1.29, 1.82) is 0 Å². The van der Waals surface area contributed by atoms with E-state index in [1.54, 1.807) is 23.1 Å². The molecule has 0 atom stereocenters. The van der Waals surface area contributed by atoms with Gasteiger partial charge < -0.3 is 24.3 Å². The summed E-state index contributed by atoms with van der Waals surface area (Å²) in [5, 5.41) is 5.30. The lowest BCUT2D eigenvalue weighted by Crippen LogP contribution is -2.50. The Morgan fingerprint density at radius 3 is 1.95 bits per heavy atom. The average Bonchev–Trinajstić information content (AvgIpc) is 3.80. The predicted molar refractivity (Wildman–Crippen MR) is 154 cm³/mol. The molecule has 1 N–H and O–H groups in total. The number of urea groups is 1. The van der Waals surface area contributed by atoms with Crippen LogP contribution < -0.4 is 20.0 Å². The van der Waals surface area contributed by atoms with Gasteiger partial charge in [-0.05, 0) is 37.8 Å². The number of nitrogens with one attached hydrogen (secondary N) is 1. The zero-order chi connectivity index (χ0) is 27.5. The molecule has 3 aliphatic rings. The third-order valence-corrected chi connectivity index (χ3v) is 8.28. The summed E-state index contributed by atoms with van der Waals surface area (Å²) in [7, 11) is 1.35. The van der Waals surface area contributed by atoms with E-state index in [9.17, 15) is 9.59 Å². The van der Waals surface area contributed by atoms with E-state index in [1.165, 1.54) is 18.4 Å². The predicted octanol–water partition coefficient (Wildman–Crippen LogP) is 3.34. The molecule has 3 saturated heterocycles. The molecule has 1 aromatic carbocycles. The molecule has 13 heteroatoms. The standard InChI is InChI=1S/C27H33N9O3S/c1-39-22(37)20-8-6-7-19(17-20)21-18-40-26(28-21)32-27(38)36-15-13-35(14-16-36)25-30-23(33-9-2-3-10-33)29-24(31-25)34-11-4-5-12-34/h6-8,17-18H,2-5,9-16H2,1H3,(H,28,32,38). The normalized spacial score (nSPS) is 17.4. The van der Waals surface area contributed by atoms with Crippen LogP contribution in [0, 0.1) is 0 Å². The summed E-state index contributed by atoms with van der Waals surface area (Å²) in [6.45, 7) is 6.29. The van der Waals surface area contributed by atoms with Crippen molar-refractivity contribution in [2.24, 2.45) is 0 Å². The van der Waals surface area contributed by atoms with E-state index in [1.807, 2.05) is 11.4 Å². The van der Waals surface area contributed by atoms with Gasteiger partial charge in [0.2, 0.25) is 17.8 Å². The maximum atomic E-state index is 13.0. The van der Waals surface area contributed by atoms with E-state index in [0.717, 1.165) is 69.3 Å². The van der Waals surface area contributed by atoms with Crippen molar-refractivity contribution in [3.8, 4) is 11.3 Å². The van der Waals surface area contributed by atoms with E-state index < -0.39 is 5.97 Å². The molecular formula is C27H33N9O3S. The minimum Gasteiger partial charge on any atom is -0.465 e. The van der Waals surface area contributed by atoms with Crippen LogP contribution in [-0.4, -0.2) is 96.3 Å². The van der Waals surface area contributed by atoms with Crippen LogP contribution in [0.15, 0.2) is 29.6 Å². The Morgan fingerprint density at radius 2 is 1.38 bits per heavy atom. The van der Waals surface area contributed by atoms with Crippen LogP contribution in [0.25, 0.3) is 11.3 Å². The fourth-order valence-corrected chi connectivity index (χ4v) is 5.98. The van der Waals surface area contributed by atoms with Gasteiger partial charge in [-0.2, -0.15) is 15.0 Å². The zero-order valence-electron chi connectivity index (χ0n) is 22.6. The number of benzene rings is 1. The van der Waals surface area contributed by atoms with Gasteiger partial charge in [-0.1, -0.05) is 12.1 Å². The van der Waals surface area contributed by atoms with Crippen molar-refractivity contribution in [2.75, 3.05) is 79.5 Å². The number of anilines is 4. The molecule has 0 saturated carbocycles. The number of piperazine rings is 1. The summed E-state index contributed by atoms with van der Waals surface area (Å²) in [5.74, 6) is 1.82. The first-order valence-electron chi connectivity index (χ1n) is 13.8. The van der Waals surface area contributed by atoms with Gasteiger partial charge in [0.1, 0.15) is 0 Å². The molecule has 0 radical (unpaired) electrons. The van der Waals surface area contributed by atoms with Gasteiger partial charge in [-0.3, -0.25) is 5.32 Å². The van der Waals surface area contributed by atoms with Crippen molar-refractivity contribution >= 4 is 46.3 Å². The topological polar surface area (TPSA) is 120 Å². The van der Waals surface area contributed by atoms with Crippen LogP contribution in [0.2, 0.25) is 0 Å². The fourth-order valence-electron chi connectivity index (χ4n) is 5.27. The Bertz CT molecular complexity index is 1330. The van der Waals surface area contributed by atoms with Crippen LogP contribution in [-0.2, 0) is 4.74 Å². The first-order valence-corrected chi connectivity index (χ1v) is 14.7. The van der Waals surface area contributed by atoms with Crippen LogP contribution in [0.4, 0.5) is 27.8 Å². The Kier molecular flexibility index (Phi) is 7.62. The molecular weight excluding hydrogens is 530 g/mol. The highest BCUT2D eigenvalue weighted by Gasteiger charge is 2.27. The van der Waals surface area contributed by atoms with Crippen molar-refractivity contribution in [3.05, 3.63) is 35.2 Å². The molecule has 40 heavy (non-hydrogen) atoms. The minimum absolute atomic E-state index is 0.185. The van der Waals surface area contributed by atoms with E-state index in [2.05, 4.69) is 25.0 Å². The Hall–Kier alpha value is -4.00. The second-order valence-corrected chi connectivity index (χ2v) is 11.0. The fraction of sp³-hybridized carbons (Fsp3) is 0.481. The zero-order valence-corrected chi connectivity index (χ0v) is 23.4. The van der Waals surface area contributed by atoms with Gasteiger partial charge in [0, 0.05) is 63.3 Å². The molecule has 0 unspecified atom stereocenters. The first kappa shape index (κ1) is 26.2. The Labute approximate surface area is 237 Å². The molecule has 3 fully saturated rings. The number of thiazole rings is 1. The highest BCUT2D eigenvalue weighted by atomic mass is 32.1. The average molecular weight is 564 g/mol. The maximum Gasteiger partial charge on any atom is 0.337 e. The molecule has 3 aliphatic heterocycles. The van der Waals surface area contributed by atoms with E-state index in [4.69, 9.17) is 19.7 Å². The molecule has 12 nitrogen and oxygen atoms in total. The molecule has 2 amide bonds. The number of nitrogens with zero attached hydrogens (tertiary/aromatic N) is 8. The summed E-state index contributed by atoms with van der Waals surface area (Å²) >= 11 is 1.35. The molecule has 2 aromatic heterocycles. The smallest absolute Gasteiger partial charge is 0.337 e. The lowest BCUT2D eigenvalue weighted by molar-refractivity contribution is 0.0600. The molecule has 3 aromatic rings. The summed E-state index contributed by atoms with van der Waals surface area (Å²) in [5.41, 5.74) is 1.93. The Balaban J connectivity index is 1.09. The number of amides is 2. The van der Waals surface area contributed by atoms with Crippen LogP contribution in [0.3, 0.4) is 0 Å². The Morgan fingerprint density at radius 1 is 0.800 bits per heavy atom.